The maximum atomic E-state index is 10.6. The van der Waals surface area contributed by atoms with Crippen LogP contribution in [0.5, 0.6) is 5.75 Å². The molecule has 0 bridgehead atoms. The Hall–Kier alpha value is -1.51. The first-order valence-electron chi connectivity index (χ1n) is 4.08. The van der Waals surface area contributed by atoms with Crippen LogP contribution in [0.3, 0.4) is 0 Å². The number of rotatable bonds is 2. The summed E-state index contributed by atoms with van der Waals surface area (Å²) in [7, 11) is 0. The van der Waals surface area contributed by atoms with E-state index in [1.54, 1.807) is 6.07 Å². The number of hydrogen-bond donors (Lipinski definition) is 2. The van der Waals surface area contributed by atoms with Gasteiger partial charge in [-0.05, 0) is 23.6 Å². The molecular weight excluding hydrogens is 168 g/mol. The summed E-state index contributed by atoms with van der Waals surface area (Å²) < 4.78 is 0. The second kappa shape index (κ2) is 3.47. The molecule has 3 heteroatoms. The number of carboxylic acids is 1. The quantitative estimate of drug-likeness (QED) is 0.733. The lowest BCUT2D eigenvalue weighted by Crippen LogP contribution is -1.98. The summed E-state index contributed by atoms with van der Waals surface area (Å²) in [5.41, 5.74) is 0.876. The van der Waals surface area contributed by atoms with Crippen LogP contribution in [0, 0.1) is 0 Å². The fourth-order valence-corrected chi connectivity index (χ4v) is 1.08. The van der Waals surface area contributed by atoms with Crippen LogP contribution >= 0.6 is 0 Å². The number of carboxylic acid groups (broad SMARTS) is 1. The summed E-state index contributed by atoms with van der Waals surface area (Å²) in [5.74, 6) is -1.02. The van der Waals surface area contributed by atoms with E-state index in [2.05, 4.69) is 0 Å². The molecule has 0 saturated carbocycles. The van der Waals surface area contributed by atoms with E-state index >= 15 is 0 Å². The molecule has 2 N–H and O–H groups in total. The lowest BCUT2D eigenvalue weighted by atomic mass is 10.0. The summed E-state index contributed by atoms with van der Waals surface area (Å²) in [4.78, 5) is 10.6. The first-order valence-corrected chi connectivity index (χ1v) is 4.08. The molecule has 0 aliphatic carbocycles. The fourth-order valence-electron chi connectivity index (χ4n) is 1.08. The van der Waals surface area contributed by atoms with Crippen LogP contribution in [0.1, 0.15) is 35.7 Å². The zero-order chi connectivity index (χ0) is 10.0. The number of benzene rings is 1. The van der Waals surface area contributed by atoms with Crippen LogP contribution in [0.15, 0.2) is 18.2 Å². The maximum Gasteiger partial charge on any atom is 0.339 e. The Morgan fingerprint density at radius 1 is 1.38 bits per heavy atom. The molecule has 0 aliphatic heterocycles. The van der Waals surface area contributed by atoms with Gasteiger partial charge in [-0.3, -0.25) is 0 Å². The number of phenols is 1. The Morgan fingerprint density at radius 3 is 2.46 bits per heavy atom. The van der Waals surface area contributed by atoms with Gasteiger partial charge in [0.05, 0.1) is 0 Å². The van der Waals surface area contributed by atoms with Crippen molar-refractivity contribution in [1.82, 2.24) is 0 Å². The highest BCUT2D eigenvalue weighted by molar-refractivity contribution is 5.90. The topological polar surface area (TPSA) is 57.5 Å². The van der Waals surface area contributed by atoms with Crippen LogP contribution in [-0.4, -0.2) is 16.2 Å². The molecule has 1 aromatic rings. The molecule has 1 aromatic carbocycles. The SMILES string of the molecule is CC(C)c1ccc(O)c(C(=O)O)c1. The lowest BCUT2D eigenvalue weighted by Gasteiger charge is -2.06. The monoisotopic (exact) mass is 180 g/mol. The Kier molecular flexibility index (Phi) is 2.56. The normalized spacial score (nSPS) is 10.4. The Morgan fingerprint density at radius 2 is 2.00 bits per heavy atom. The van der Waals surface area contributed by atoms with Gasteiger partial charge in [0.25, 0.3) is 0 Å². The first-order chi connectivity index (χ1) is 6.02. The molecule has 0 amide bonds. The molecule has 1 rings (SSSR count). The van der Waals surface area contributed by atoms with Gasteiger partial charge in [0.1, 0.15) is 11.3 Å². The number of aromatic hydroxyl groups is 1. The molecule has 0 aliphatic rings. The third-order valence-corrected chi connectivity index (χ3v) is 1.92. The van der Waals surface area contributed by atoms with Crippen molar-refractivity contribution in [1.29, 1.82) is 0 Å². The van der Waals surface area contributed by atoms with Crippen LogP contribution in [0.2, 0.25) is 0 Å². The predicted molar refractivity (Wildman–Crippen MR) is 49.2 cm³/mol. The largest absolute Gasteiger partial charge is 0.507 e. The van der Waals surface area contributed by atoms with Gasteiger partial charge in [0.2, 0.25) is 0 Å². The van der Waals surface area contributed by atoms with Crippen molar-refractivity contribution >= 4 is 5.97 Å². The molecule has 0 fully saturated rings. The van der Waals surface area contributed by atoms with E-state index in [0.717, 1.165) is 5.56 Å². The average Bonchev–Trinajstić information content (AvgIpc) is 2.04. The second-order valence-electron chi connectivity index (χ2n) is 3.24. The lowest BCUT2D eigenvalue weighted by molar-refractivity contribution is 0.0693. The van der Waals surface area contributed by atoms with E-state index in [9.17, 15) is 9.90 Å². The van der Waals surface area contributed by atoms with E-state index in [4.69, 9.17) is 5.11 Å². The molecule has 0 spiro atoms. The molecular formula is C10H12O3. The molecule has 0 aromatic heterocycles. The van der Waals surface area contributed by atoms with E-state index in [1.807, 2.05) is 13.8 Å². The fraction of sp³-hybridized carbons (Fsp3) is 0.300. The minimum atomic E-state index is -1.10. The van der Waals surface area contributed by atoms with E-state index in [1.165, 1.54) is 12.1 Å². The van der Waals surface area contributed by atoms with Gasteiger partial charge in [-0.25, -0.2) is 4.79 Å². The molecule has 0 unspecified atom stereocenters. The molecule has 3 nitrogen and oxygen atoms in total. The molecule has 70 valence electrons. The highest BCUT2D eigenvalue weighted by Crippen LogP contribution is 2.22. The number of carbonyl (C=O) groups is 1. The molecule has 0 saturated heterocycles. The van der Waals surface area contributed by atoms with Gasteiger partial charge in [-0.2, -0.15) is 0 Å². The van der Waals surface area contributed by atoms with Crippen molar-refractivity contribution in [2.24, 2.45) is 0 Å². The molecule has 0 atom stereocenters. The Balaban J connectivity index is 3.19. The highest BCUT2D eigenvalue weighted by atomic mass is 16.4. The van der Waals surface area contributed by atoms with Gasteiger partial charge < -0.3 is 10.2 Å². The highest BCUT2D eigenvalue weighted by Gasteiger charge is 2.10. The number of hydrogen-bond acceptors (Lipinski definition) is 2. The van der Waals surface area contributed by atoms with Gasteiger partial charge >= 0.3 is 5.97 Å². The van der Waals surface area contributed by atoms with E-state index in [0.29, 0.717) is 0 Å². The van der Waals surface area contributed by atoms with E-state index in [-0.39, 0.29) is 17.2 Å². The zero-order valence-corrected chi connectivity index (χ0v) is 7.61. The Labute approximate surface area is 76.6 Å². The van der Waals surface area contributed by atoms with Crippen molar-refractivity contribution in [3.05, 3.63) is 29.3 Å². The van der Waals surface area contributed by atoms with Crippen molar-refractivity contribution in [3.63, 3.8) is 0 Å². The molecule has 0 heterocycles. The predicted octanol–water partition coefficient (Wildman–Crippen LogP) is 2.21. The average molecular weight is 180 g/mol. The summed E-state index contributed by atoms with van der Waals surface area (Å²) >= 11 is 0. The van der Waals surface area contributed by atoms with Crippen LogP contribution < -0.4 is 0 Å². The third kappa shape index (κ3) is 1.99. The summed E-state index contributed by atoms with van der Waals surface area (Å²) in [6, 6.07) is 4.65. The van der Waals surface area contributed by atoms with Crippen LogP contribution in [-0.2, 0) is 0 Å². The van der Waals surface area contributed by atoms with Crippen molar-refractivity contribution in [2.45, 2.75) is 19.8 Å². The zero-order valence-electron chi connectivity index (χ0n) is 7.61. The van der Waals surface area contributed by atoms with Gasteiger partial charge in [0.15, 0.2) is 0 Å². The van der Waals surface area contributed by atoms with Crippen molar-refractivity contribution in [2.75, 3.05) is 0 Å². The van der Waals surface area contributed by atoms with E-state index < -0.39 is 5.97 Å². The van der Waals surface area contributed by atoms with Gasteiger partial charge in [-0.15, -0.1) is 0 Å². The van der Waals surface area contributed by atoms with Crippen molar-refractivity contribution in [3.8, 4) is 5.75 Å². The minimum absolute atomic E-state index is 0.0359. The maximum absolute atomic E-state index is 10.6. The third-order valence-electron chi connectivity index (χ3n) is 1.92. The van der Waals surface area contributed by atoms with Gasteiger partial charge in [0, 0.05) is 0 Å². The second-order valence-corrected chi connectivity index (χ2v) is 3.24. The minimum Gasteiger partial charge on any atom is -0.507 e. The molecule has 0 radical (unpaired) electrons. The summed E-state index contributed by atoms with van der Waals surface area (Å²) in [6.45, 7) is 3.94. The summed E-state index contributed by atoms with van der Waals surface area (Å²) in [5, 5.41) is 17.9. The Bertz CT molecular complexity index is 329. The number of aromatic carboxylic acids is 1. The van der Waals surface area contributed by atoms with Crippen molar-refractivity contribution < 1.29 is 15.0 Å². The van der Waals surface area contributed by atoms with Crippen LogP contribution in [0.25, 0.3) is 0 Å². The van der Waals surface area contributed by atoms with Crippen LogP contribution in [0.4, 0.5) is 0 Å². The smallest absolute Gasteiger partial charge is 0.339 e. The first kappa shape index (κ1) is 9.58. The molecule has 13 heavy (non-hydrogen) atoms. The standard InChI is InChI=1S/C10H12O3/c1-6(2)7-3-4-9(11)8(5-7)10(12)13/h3-6,11H,1-2H3,(H,12,13). The van der Waals surface area contributed by atoms with Gasteiger partial charge in [-0.1, -0.05) is 19.9 Å². The summed E-state index contributed by atoms with van der Waals surface area (Å²) in [6.07, 6.45) is 0.